The first-order chi connectivity index (χ1) is 11.5. The fraction of sp³-hybridized carbons (Fsp3) is 0.474. The Bertz CT molecular complexity index is 703. The maximum absolute atomic E-state index is 12.8. The molecule has 3 rings (SSSR count). The van der Waals surface area contributed by atoms with Gasteiger partial charge in [-0.3, -0.25) is 9.59 Å². The monoisotopic (exact) mass is 329 g/mol. The van der Waals surface area contributed by atoms with E-state index in [2.05, 4.69) is 0 Å². The van der Waals surface area contributed by atoms with Crippen LogP contribution >= 0.6 is 0 Å². The van der Waals surface area contributed by atoms with Crippen molar-refractivity contribution in [1.29, 1.82) is 0 Å². The van der Waals surface area contributed by atoms with E-state index in [9.17, 15) is 9.59 Å². The summed E-state index contributed by atoms with van der Waals surface area (Å²) in [5.74, 6) is -0.0608. The number of hydrogen-bond donors (Lipinski definition) is 1. The highest BCUT2D eigenvalue weighted by atomic mass is 16.4. The second-order valence-electron chi connectivity index (χ2n) is 6.63. The van der Waals surface area contributed by atoms with Gasteiger partial charge in [-0.25, -0.2) is 0 Å². The molecular formula is C19H23NO4. The van der Waals surface area contributed by atoms with Crippen LogP contribution in [0.1, 0.15) is 44.3 Å². The summed E-state index contributed by atoms with van der Waals surface area (Å²) in [5.41, 5.74) is 0.796. The van der Waals surface area contributed by atoms with Crippen molar-refractivity contribution in [2.75, 3.05) is 13.1 Å². The largest absolute Gasteiger partial charge is 0.481 e. The molecule has 2 aromatic rings. The number of carboxylic acid groups (broad SMARTS) is 1. The van der Waals surface area contributed by atoms with Gasteiger partial charge in [0.1, 0.15) is 11.3 Å². The van der Waals surface area contributed by atoms with Crippen molar-refractivity contribution in [2.24, 2.45) is 5.92 Å². The lowest BCUT2D eigenvalue weighted by molar-refractivity contribution is -0.137. The summed E-state index contributed by atoms with van der Waals surface area (Å²) in [6.07, 6.45) is 2.74. The van der Waals surface area contributed by atoms with Gasteiger partial charge in [0.15, 0.2) is 0 Å². The predicted octanol–water partition coefficient (Wildman–Crippen LogP) is 3.64. The fourth-order valence-electron chi connectivity index (χ4n) is 3.44. The molecule has 1 aliphatic rings. The number of furan rings is 1. The minimum Gasteiger partial charge on any atom is -0.481 e. The number of fused-ring (bicyclic) bond motifs is 1. The van der Waals surface area contributed by atoms with Gasteiger partial charge in [-0.15, -0.1) is 0 Å². The zero-order valence-corrected chi connectivity index (χ0v) is 13.9. The maximum atomic E-state index is 12.8. The van der Waals surface area contributed by atoms with E-state index in [0.717, 1.165) is 30.4 Å². The minimum atomic E-state index is -0.769. The van der Waals surface area contributed by atoms with Crippen LogP contribution in [0.5, 0.6) is 0 Å². The Kier molecular flexibility index (Phi) is 4.88. The Morgan fingerprint density at radius 2 is 2.17 bits per heavy atom. The molecule has 2 heterocycles. The standard InChI is InChI=1S/C19H23NO4/c1-13(17-11-15-6-2-3-7-16(15)24-17)19(23)20-10-4-5-14(12-20)8-9-18(21)22/h2-3,6-7,11,13-14H,4-5,8-10,12H2,1H3,(H,21,22)/t13-,14+/m0/s1. The van der Waals surface area contributed by atoms with Crippen LogP contribution in [0.2, 0.25) is 0 Å². The zero-order chi connectivity index (χ0) is 17.1. The molecule has 1 fully saturated rings. The molecule has 1 saturated heterocycles. The van der Waals surface area contributed by atoms with E-state index in [4.69, 9.17) is 9.52 Å². The van der Waals surface area contributed by atoms with Gasteiger partial charge < -0.3 is 14.4 Å². The van der Waals surface area contributed by atoms with Crippen molar-refractivity contribution in [3.8, 4) is 0 Å². The zero-order valence-electron chi connectivity index (χ0n) is 13.9. The first-order valence-corrected chi connectivity index (χ1v) is 8.53. The quantitative estimate of drug-likeness (QED) is 0.909. The van der Waals surface area contributed by atoms with Crippen molar-refractivity contribution >= 4 is 22.8 Å². The molecule has 1 aromatic carbocycles. The van der Waals surface area contributed by atoms with Crippen LogP contribution in [0.3, 0.4) is 0 Å². The van der Waals surface area contributed by atoms with E-state index in [-0.39, 0.29) is 24.2 Å². The van der Waals surface area contributed by atoms with Crippen LogP contribution < -0.4 is 0 Å². The van der Waals surface area contributed by atoms with Crippen molar-refractivity contribution < 1.29 is 19.1 Å². The molecule has 0 aliphatic carbocycles. The van der Waals surface area contributed by atoms with Gasteiger partial charge in [0.2, 0.25) is 5.91 Å². The SMILES string of the molecule is C[C@H](C(=O)N1CCC[C@H](CCC(=O)O)C1)c1cc2ccccc2o1. The number of nitrogens with zero attached hydrogens (tertiary/aromatic N) is 1. The first kappa shape index (κ1) is 16.6. The molecule has 1 aromatic heterocycles. The molecule has 0 unspecified atom stereocenters. The van der Waals surface area contributed by atoms with Gasteiger partial charge in [0, 0.05) is 24.9 Å². The van der Waals surface area contributed by atoms with E-state index in [1.54, 1.807) is 0 Å². The molecule has 1 N–H and O–H groups in total. The van der Waals surface area contributed by atoms with Crippen LogP contribution in [-0.2, 0) is 9.59 Å². The summed E-state index contributed by atoms with van der Waals surface area (Å²) in [5, 5.41) is 9.84. The molecule has 0 radical (unpaired) electrons. The summed E-state index contributed by atoms with van der Waals surface area (Å²) in [6.45, 7) is 3.27. The third-order valence-corrected chi connectivity index (χ3v) is 4.84. The summed E-state index contributed by atoms with van der Waals surface area (Å²) >= 11 is 0. The van der Waals surface area contributed by atoms with Crippen LogP contribution in [0.25, 0.3) is 11.0 Å². The number of para-hydroxylation sites is 1. The maximum Gasteiger partial charge on any atom is 0.303 e. The van der Waals surface area contributed by atoms with E-state index in [1.807, 2.05) is 42.2 Å². The molecule has 24 heavy (non-hydrogen) atoms. The fourth-order valence-corrected chi connectivity index (χ4v) is 3.44. The van der Waals surface area contributed by atoms with E-state index in [1.165, 1.54) is 0 Å². The number of amides is 1. The summed E-state index contributed by atoms with van der Waals surface area (Å²) in [7, 11) is 0. The molecule has 0 spiro atoms. The number of piperidine rings is 1. The summed E-state index contributed by atoms with van der Waals surface area (Å²) < 4.78 is 5.82. The molecule has 1 aliphatic heterocycles. The Balaban J connectivity index is 1.67. The molecule has 0 bridgehead atoms. The Hall–Kier alpha value is -2.30. The lowest BCUT2D eigenvalue weighted by Gasteiger charge is -2.34. The Morgan fingerprint density at radius 3 is 2.92 bits per heavy atom. The highest BCUT2D eigenvalue weighted by Gasteiger charge is 2.29. The van der Waals surface area contributed by atoms with Crippen molar-refractivity contribution in [3.05, 3.63) is 36.1 Å². The van der Waals surface area contributed by atoms with Crippen LogP contribution in [-0.4, -0.2) is 35.0 Å². The van der Waals surface area contributed by atoms with E-state index in [0.29, 0.717) is 18.7 Å². The lowest BCUT2D eigenvalue weighted by Crippen LogP contribution is -2.41. The normalized spacial score (nSPS) is 19.4. The number of aliphatic carboxylic acids is 1. The molecule has 128 valence electrons. The third kappa shape index (κ3) is 3.61. The number of rotatable bonds is 5. The number of carbonyl (C=O) groups excluding carboxylic acids is 1. The number of hydrogen-bond acceptors (Lipinski definition) is 3. The van der Waals surface area contributed by atoms with Gasteiger partial charge in [-0.1, -0.05) is 18.2 Å². The topological polar surface area (TPSA) is 70.8 Å². The van der Waals surface area contributed by atoms with Gasteiger partial charge in [0.25, 0.3) is 0 Å². The number of carbonyl (C=O) groups is 2. The van der Waals surface area contributed by atoms with Gasteiger partial charge >= 0.3 is 5.97 Å². The second-order valence-corrected chi connectivity index (χ2v) is 6.63. The predicted molar refractivity (Wildman–Crippen MR) is 90.8 cm³/mol. The lowest BCUT2D eigenvalue weighted by atomic mass is 9.92. The minimum absolute atomic E-state index is 0.0640. The number of likely N-dealkylation sites (tertiary alicyclic amines) is 1. The second kappa shape index (κ2) is 7.07. The van der Waals surface area contributed by atoms with Crippen LogP contribution in [0, 0.1) is 5.92 Å². The molecular weight excluding hydrogens is 306 g/mol. The average Bonchev–Trinajstić information content (AvgIpc) is 3.03. The smallest absolute Gasteiger partial charge is 0.303 e. The number of carboxylic acids is 1. The average molecular weight is 329 g/mol. The summed E-state index contributed by atoms with van der Waals surface area (Å²) in [6, 6.07) is 9.68. The van der Waals surface area contributed by atoms with Gasteiger partial charge in [-0.05, 0) is 44.2 Å². The van der Waals surface area contributed by atoms with Crippen molar-refractivity contribution in [2.45, 2.75) is 38.5 Å². The third-order valence-electron chi connectivity index (χ3n) is 4.84. The van der Waals surface area contributed by atoms with Gasteiger partial charge in [-0.2, -0.15) is 0 Å². The van der Waals surface area contributed by atoms with Crippen molar-refractivity contribution in [1.82, 2.24) is 4.90 Å². The van der Waals surface area contributed by atoms with Crippen molar-refractivity contribution in [3.63, 3.8) is 0 Å². The molecule has 5 nitrogen and oxygen atoms in total. The van der Waals surface area contributed by atoms with Crippen LogP contribution in [0.15, 0.2) is 34.7 Å². The van der Waals surface area contributed by atoms with E-state index < -0.39 is 5.97 Å². The number of benzene rings is 1. The van der Waals surface area contributed by atoms with Crippen LogP contribution in [0.4, 0.5) is 0 Å². The van der Waals surface area contributed by atoms with E-state index >= 15 is 0 Å². The van der Waals surface area contributed by atoms with Gasteiger partial charge in [0.05, 0.1) is 5.92 Å². The molecule has 0 saturated carbocycles. The molecule has 1 amide bonds. The highest BCUT2D eigenvalue weighted by Crippen LogP contribution is 2.28. The highest BCUT2D eigenvalue weighted by molar-refractivity contribution is 5.85. The summed E-state index contributed by atoms with van der Waals surface area (Å²) in [4.78, 5) is 25.4. The molecule has 5 heteroatoms. The Morgan fingerprint density at radius 1 is 1.38 bits per heavy atom. The molecule has 2 atom stereocenters. The first-order valence-electron chi connectivity index (χ1n) is 8.53. The Labute approximate surface area is 141 Å².